The Kier molecular flexibility index (Phi) is 13.1. The van der Waals surface area contributed by atoms with Gasteiger partial charge in [0.25, 0.3) is 0 Å². The minimum Gasteiger partial charge on any atom is -0.371 e. The number of unbranched alkanes of at least 4 members (excludes halogenated alkanes) is 2. The second-order valence-electron chi connectivity index (χ2n) is 4.87. The molecule has 0 aliphatic carbocycles. The lowest BCUT2D eigenvalue weighted by molar-refractivity contribution is 0.141. The van der Waals surface area contributed by atoms with Gasteiger partial charge in [-0.2, -0.15) is 0 Å². The van der Waals surface area contributed by atoms with E-state index in [0.29, 0.717) is 0 Å². The van der Waals surface area contributed by atoms with E-state index in [0.717, 1.165) is 64.8 Å². The third-order valence-corrected chi connectivity index (χ3v) is 5.47. The Hall–Kier alpha value is 0.0569. The van der Waals surface area contributed by atoms with Crippen LogP contribution in [0.4, 0.5) is 0 Å². The third kappa shape index (κ3) is 9.57. The molecule has 116 valence electrons. The van der Waals surface area contributed by atoms with Crippen molar-refractivity contribution in [1.29, 1.82) is 0 Å². The summed E-state index contributed by atoms with van der Waals surface area (Å²) in [4.78, 5) is 7.04. The number of nitrogens with one attached hydrogen (secondary N) is 2. The monoisotopic (exact) mass is 290 g/mol. The van der Waals surface area contributed by atoms with Gasteiger partial charge in [-0.25, -0.2) is 0 Å². The predicted octanol–water partition coefficient (Wildman–Crippen LogP) is 3.05. The SMILES string of the molecule is CCCCO[Si](NCCC)(NCCC)OCCCC. The molecular formula is C14H34N2O2Si. The lowest BCUT2D eigenvalue weighted by atomic mass is 10.4. The van der Waals surface area contributed by atoms with Crippen LogP contribution in [0.2, 0.25) is 0 Å². The molecule has 0 saturated heterocycles. The summed E-state index contributed by atoms with van der Waals surface area (Å²) in [7, 11) is -2.41. The highest BCUT2D eigenvalue weighted by Gasteiger charge is 2.38. The van der Waals surface area contributed by atoms with Gasteiger partial charge < -0.3 is 8.85 Å². The molecule has 0 bridgehead atoms. The zero-order chi connectivity index (χ0) is 14.4. The van der Waals surface area contributed by atoms with Crippen molar-refractivity contribution in [3.8, 4) is 0 Å². The van der Waals surface area contributed by atoms with Crippen molar-refractivity contribution in [2.75, 3.05) is 26.3 Å². The molecule has 0 aromatic rings. The van der Waals surface area contributed by atoms with Gasteiger partial charge in [-0.1, -0.05) is 40.5 Å². The Morgan fingerprint density at radius 3 is 1.42 bits per heavy atom. The predicted molar refractivity (Wildman–Crippen MR) is 84.1 cm³/mol. The fraction of sp³-hybridized carbons (Fsp3) is 1.00. The maximum atomic E-state index is 6.12. The highest BCUT2D eigenvalue weighted by atomic mass is 28.4. The zero-order valence-electron chi connectivity index (χ0n) is 13.4. The molecule has 4 nitrogen and oxygen atoms in total. The van der Waals surface area contributed by atoms with Crippen molar-refractivity contribution in [3.63, 3.8) is 0 Å². The Balaban J connectivity index is 4.44. The normalized spacial score (nSPS) is 12.0. The van der Waals surface area contributed by atoms with Gasteiger partial charge in [-0.15, -0.1) is 0 Å². The summed E-state index contributed by atoms with van der Waals surface area (Å²) in [5.41, 5.74) is 0. The topological polar surface area (TPSA) is 42.5 Å². The lowest BCUT2D eigenvalue weighted by Crippen LogP contribution is -2.67. The summed E-state index contributed by atoms with van der Waals surface area (Å²) in [6, 6.07) is 0. The fourth-order valence-corrected chi connectivity index (χ4v) is 4.25. The van der Waals surface area contributed by atoms with Crippen LogP contribution < -0.4 is 9.96 Å². The largest absolute Gasteiger partial charge is 0.516 e. The van der Waals surface area contributed by atoms with Crippen LogP contribution in [0.15, 0.2) is 0 Å². The number of rotatable bonds is 14. The first-order valence-corrected chi connectivity index (χ1v) is 9.84. The third-order valence-electron chi connectivity index (χ3n) is 2.82. The fourth-order valence-electron chi connectivity index (χ4n) is 1.61. The van der Waals surface area contributed by atoms with Gasteiger partial charge >= 0.3 is 8.88 Å². The summed E-state index contributed by atoms with van der Waals surface area (Å²) in [5, 5.41) is 0. The Morgan fingerprint density at radius 2 is 1.11 bits per heavy atom. The highest BCUT2D eigenvalue weighted by molar-refractivity contribution is 6.62. The molecule has 0 spiro atoms. The van der Waals surface area contributed by atoms with Gasteiger partial charge in [0, 0.05) is 13.2 Å². The summed E-state index contributed by atoms with van der Waals surface area (Å²) < 4.78 is 12.2. The van der Waals surface area contributed by atoms with E-state index in [-0.39, 0.29) is 0 Å². The van der Waals surface area contributed by atoms with E-state index < -0.39 is 8.88 Å². The molecule has 0 atom stereocenters. The molecule has 0 rings (SSSR count). The maximum absolute atomic E-state index is 6.12. The number of hydrogen-bond acceptors (Lipinski definition) is 4. The molecule has 0 aliphatic rings. The second kappa shape index (κ2) is 13.1. The summed E-state index contributed by atoms with van der Waals surface area (Å²) in [6.45, 7) is 12.2. The summed E-state index contributed by atoms with van der Waals surface area (Å²) in [5.74, 6) is 0. The first kappa shape index (κ1) is 19.1. The van der Waals surface area contributed by atoms with Crippen LogP contribution in [0.3, 0.4) is 0 Å². The van der Waals surface area contributed by atoms with Crippen molar-refractivity contribution in [1.82, 2.24) is 9.96 Å². The van der Waals surface area contributed by atoms with Gasteiger partial charge in [0.1, 0.15) is 0 Å². The molecular weight excluding hydrogens is 256 g/mol. The molecule has 0 amide bonds. The Bertz CT molecular complexity index is 174. The smallest absolute Gasteiger partial charge is 0.371 e. The van der Waals surface area contributed by atoms with E-state index in [1.165, 1.54) is 0 Å². The Morgan fingerprint density at radius 1 is 0.684 bits per heavy atom. The molecule has 5 heteroatoms. The van der Waals surface area contributed by atoms with Crippen molar-refractivity contribution in [2.45, 2.75) is 66.2 Å². The first-order chi connectivity index (χ1) is 9.24. The van der Waals surface area contributed by atoms with E-state index in [1.54, 1.807) is 0 Å². The van der Waals surface area contributed by atoms with E-state index >= 15 is 0 Å². The van der Waals surface area contributed by atoms with Crippen LogP contribution in [0.5, 0.6) is 0 Å². The summed E-state index contributed by atoms with van der Waals surface area (Å²) in [6.07, 6.45) is 6.68. The number of hydrogen-bond donors (Lipinski definition) is 2. The zero-order valence-corrected chi connectivity index (χ0v) is 14.4. The molecule has 0 unspecified atom stereocenters. The first-order valence-electron chi connectivity index (χ1n) is 8.02. The quantitative estimate of drug-likeness (QED) is 0.381. The van der Waals surface area contributed by atoms with Crippen LogP contribution in [0, 0.1) is 0 Å². The van der Waals surface area contributed by atoms with Gasteiger partial charge in [0.05, 0.1) is 0 Å². The van der Waals surface area contributed by atoms with Crippen molar-refractivity contribution >= 4 is 8.88 Å². The van der Waals surface area contributed by atoms with E-state index in [4.69, 9.17) is 8.85 Å². The van der Waals surface area contributed by atoms with E-state index in [2.05, 4.69) is 37.7 Å². The van der Waals surface area contributed by atoms with Crippen molar-refractivity contribution in [3.05, 3.63) is 0 Å². The average Bonchev–Trinajstić information content (AvgIpc) is 2.43. The second-order valence-corrected chi connectivity index (χ2v) is 7.39. The van der Waals surface area contributed by atoms with Crippen LogP contribution in [0.25, 0.3) is 0 Å². The van der Waals surface area contributed by atoms with Crippen LogP contribution in [-0.2, 0) is 8.85 Å². The summed E-state index contributed by atoms with van der Waals surface area (Å²) >= 11 is 0. The van der Waals surface area contributed by atoms with E-state index in [1.807, 2.05) is 0 Å². The molecule has 19 heavy (non-hydrogen) atoms. The molecule has 0 aromatic heterocycles. The molecule has 0 heterocycles. The molecule has 0 aromatic carbocycles. The lowest BCUT2D eigenvalue weighted by Gasteiger charge is -2.31. The van der Waals surface area contributed by atoms with Crippen molar-refractivity contribution < 1.29 is 8.85 Å². The highest BCUT2D eigenvalue weighted by Crippen LogP contribution is 2.05. The van der Waals surface area contributed by atoms with Crippen LogP contribution >= 0.6 is 0 Å². The van der Waals surface area contributed by atoms with Crippen LogP contribution in [-0.4, -0.2) is 35.2 Å². The van der Waals surface area contributed by atoms with Gasteiger partial charge in [-0.3, -0.25) is 9.96 Å². The molecule has 0 radical (unpaired) electrons. The standard InChI is InChI=1S/C14H34N2O2Si/c1-5-9-13-17-19(15-11-7-3,16-12-8-4)18-14-10-6-2/h15-16H,5-14H2,1-4H3. The van der Waals surface area contributed by atoms with Gasteiger partial charge in [0.15, 0.2) is 0 Å². The molecule has 2 N–H and O–H groups in total. The maximum Gasteiger partial charge on any atom is 0.516 e. The van der Waals surface area contributed by atoms with Gasteiger partial charge in [-0.05, 0) is 38.8 Å². The minimum absolute atomic E-state index is 0.780. The molecule has 0 aliphatic heterocycles. The molecule has 0 saturated carbocycles. The van der Waals surface area contributed by atoms with Crippen LogP contribution in [0.1, 0.15) is 66.2 Å². The minimum atomic E-state index is -2.41. The Labute approximate surface area is 121 Å². The average molecular weight is 291 g/mol. The van der Waals surface area contributed by atoms with Gasteiger partial charge in [0.2, 0.25) is 0 Å². The van der Waals surface area contributed by atoms with Crippen molar-refractivity contribution in [2.24, 2.45) is 0 Å². The van der Waals surface area contributed by atoms with E-state index in [9.17, 15) is 0 Å². The molecule has 0 fully saturated rings.